The molecule has 2 rings (SSSR count). The smallest absolute Gasteiger partial charge is 0.225 e. The molecule has 4 nitrogen and oxygen atoms in total. The van der Waals surface area contributed by atoms with Gasteiger partial charge in [0.2, 0.25) is 5.91 Å². The number of ether oxygens (including phenoxy) is 1. The molecule has 2 N–H and O–H groups in total. The first kappa shape index (κ1) is 18.0. The van der Waals surface area contributed by atoms with Gasteiger partial charge in [-0.25, -0.2) is 0 Å². The van der Waals surface area contributed by atoms with Crippen molar-refractivity contribution in [1.82, 2.24) is 4.90 Å². The van der Waals surface area contributed by atoms with Crippen LogP contribution in [0.2, 0.25) is 0 Å². The third-order valence-electron chi connectivity index (χ3n) is 4.16. The van der Waals surface area contributed by atoms with Crippen LogP contribution in [0.1, 0.15) is 31.2 Å². The number of likely N-dealkylation sites (tertiary alicyclic amines) is 1. The lowest BCUT2D eigenvalue weighted by Crippen LogP contribution is -2.38. The topological polar surface area (TPSA) is 55.6 Å². The molecule has 21 heavy (non-hydrogen) atoms. The summed E-state index contributed by atoms with van der Waals surface area (Å²) in [5.41, 5.74) is 6.90. The van der Waals surface area contributed by atoms with E-state index in [-0.39, 0.29) is 30.5 Å². The van der Waals surface area contributed by atoms with Crippen molar-refractivity contribution in [2.45, 2.75) is 37.8 Å². The largest absolute Gasteiger partial charge is 0.380 e. The van der Waals surface area contributed by atoms with E-state index in [9.17, 15) is 4.79 Å². The maximum Gasteiger partial charge on any atom is 0.225 e. The van der Waals surface area contributed by atoms with Crippen molar-refractivity contribution in [2.75, 3.05) is 20.2 Å². The minimum atomic E-state index is -0.175. The number of rotatable bonds is 5. The fourth-order valence-corrected chi connectivity index (χ4v) is 2.92. The molecule has 1 aliphatic heterocycles. The Morgan fingerprint density at radius 2 is 2.10 bits per heavy atom. The van der Waals surface area contributed by atoms with Gasteiger partial charge in [-0.3, -0.25) is 4.79 Å². The highest BCUT2D eigenvalue weighted by Crippen LogP contribution is 2.31. The van der Waals surface area contributed by atoms with Crippen molar-refractivity contribution in [3.63, 3.8) is 0 Å². The van der Waals surface area contributed by atoms with E-state index in [0.29, 0.717) is 18.9 Å². The fourth-order valence-electron chi connectivity index (χ4n) is 2.92. The Kier molecular flexibility index (Phi) is 7.15. The van der Waals surface area contributed by atoms with Gasteiger partial charge in [0.05, 0.1) is 12.5 Å². The second-order valence-electron chi connectivity index (χ2n) is 5.54. The van der Waals surface area contributed by atoms with Crippen LogP contribution in [0, 0.1) is 0 Å². The van der Waals surface area contributed by atoms with E-state index in [4.69, 9.17) is 10.5 Å². The number of nitrogens with zero attached hydrogens (tertiary/aromatic N) is 1. The SMILES string of the molecule is COC(CN)CC(=O)N1CC(c2ccccc2)CC1C.Cl. The molecule has 1 aliphatic rings. The summed E-state index contributed by atoms with van der Waals surface area (Å²) in [6.07, 6.45) is 1.22. The molecule has 1 saturated heterocycles. The number of carbonyl (C=O) groups is 1. The van der Waals surface area contributed by atoms with E-state index in [0.717, 1.165) is 13.0 Å². The Labute approximate surface area is 133 Å². The molecule has 118 valence electrons. The average molecular weight is 313 g/mol. The average Bonchev–Trinajstić information content (AvgIpc) is 2.87. The maximum absolute atomic E-state index is 12.4. The summed E-state index contributed by atoms with van der Waals surface area (Å²) in [7, 11) is 1.60. The molecule has 1 aromatic rings. The highest BCUT2D eigenvalue weighted by molar-refractivity contribution is 5.85. The van der Waals surface area contributed by atoms with Crippen LogP contribution in [-0.2, 0) is 9.53 Å². The van der Waals surface area contributed by atoms with Crippen LogP contribution in [-0.4, -0.2) is 43.2 Å². The molecule has 3 atom stereocenters. The zero-order chi connectivity index (χ0) is 14.5. The monoisotopic (exact) mass is 312 g/mol. The number of benzene rings is 1. The number of amides is 1. The molecule has 1 amide bonds. The van der Waals surface area contributed by atoms with Crippen molar-refractivity contribution < 1.29 is 9.53 Å². The lowest BCUT2D eigenvalue weighted by atomic mass is 9.97. The van der Waals surface area contributed by atoms with Gasteiger partial charge < -0.3 is 15.4 Å². The molecule has 0 spiro atoms. The maximum atomic E-state index is 12.4. The first-order chi connectivity index (χ1) is 9.65. The molecule has 5 heteroatoms. The van der Waals surface area contributed by atoms with E-state index >= 15 is 0 Å². The zero-order valence-corrected chi connectivity index (χ0v) is 13.5. The third-order valence-corrected chi connectivity index (χ3v) is 4.16. The predicted octanol–water partition coefficient (Wildman–Crippen LogP) is 2.18. The fraction of sp³-hybridized carbons (Fsp3) is 0.562. The zero-order valence-electron chi connectivity index (χ0n) is 12.7. The highest BCUT2D eigenvalue weighted by Gasteiger charge is 2.33. The van der Waals surface area contributed by atoms with E-state index in [1.54, 1.807) is 7.11 Å². The summed E-state index contributed by atoms with van der Waals surface area (Å²) in [4.78, 5) is 14.3. The summed E-state index contributed by atoms with van der Waals surface area (Å²) < 4.78 is 5.20. The molecular weight excluding hydrogens is 288 g/mol. The van der Waals surface area contributed by atoms with E-state index in [1.165, 1.54) is 5.56 Å². The molecule has 0 aliphatic carbocycles. The molecule has 1 heterocycles. The predicted molar refractivity (Wildman–Crippen MR) is 86.7 cm³/mol. The summed E-state index contributed by atoms with van der Waals surface area (Å²) in [6.45, 7) is 3.29. The van der Waals surface area contributed by atoms with Crippen molar-refractivity contribution in [1.29, 1.82) is 0 Å². The van der Waals surface area contributed by atoms with Gasteiger partial charge in [-0.15, -0.1) is 12.4 Å². The molecule has 1 fully saturated rings. The van der Waals surface area contributed by atoms with Gasteiger partial charge in [-0.2, -0.15) is 0 Å². The van der Waals surface area contributed by atoms with Crippen molar-refractivity contribution >= 4 is 18.3 Å². The molecule has 3 unspecified atom stereocenters. The third kappa shape index (κ3) is 4.43. The summed E-state index contributed by atoms with van der Waals surface area (Å²) >= 11 is 0. The van der Waals surface area contributed by atoms with Crippen LogP contribution in [0.25, 0.3) is 0 Å². The number of carbonyl (C=O) groups excluding carboxylic acids is 1. The standard InChI is InChI=1S/C16H24N2O2.ClH/c1-12-8-14(13-6-4-3-5-7-13)11-18(12)16(19)9-15(10-17)20-2;/h3-7,12,14-15H,8-11,17H2,1-2H3;1H. The summed E-state index contributed by atoms with van der Waals surface area (Å²) in [6, 6.07) is 10.7. The number of methoxy groups -OCH3 is 1. The van der Waals surface area contributed by atoms with Crippen molar-refractivity contribution in [3.8, 4) is 0 Å². The minimum Gasteiger partial charge on any atom is -0.380 e. The van der Waals surface area contributed by atoms with E-state index in [1.807, 2.05) is 11.0 Å². The Balaban J connectivity index is 0.00000220. The molecule has 0 bridgehead atoms. The van der Waals surface area contributed by atoms with Gasteiger partial charge in [0.15, 0.2) is 0 Å². The Morgan fingerprint density at radius 1 is 1.43 bits per heavy atom. The van der Waals surface area contributed by atoms with Gasteiger partial charge in [-0.1, -0.05) is 30.3 Å². The van der Waals surface area contributed by atoms with Crippen LogP contribution in [0.5, 0.6) is 0 Å². The van der Waals surface area contributed by atoms with E-state index in [2.05, 4.69) is 31.2 Å². The van der Waals surface area contributed by atoms with Crippen LogP contribution >= 0.6 is 12.4 Å². The Hall–Kier alpha value is -1.10. The minimum absolute atomic E-state index is 0. The molecule has 1 aromatic carbocycles. The first-order valence-corrected chi connectivity index (χ1v) is 7.23. The van der Waals surface area contributed by atoms with Crippen LogP contribution in [0.3, 0.4) is 0 Å². The Morgan fingerprint density at radius 3 is 2.67 bits per heavy atom. The second-order valence-corrected chi connectivity index (χ2v) is 5.54. The second kappa shape index (κ2) is 8.37. The molecule has 0 saturated carbocycles. The molecule has 0 aromatic heterocycles. The lowest BCUT2D eigenvalue weighted by Gasteiger charge is -2.23. The quantitative estimate of drug-likeness (QED) is 0.906. The normalized spacial score (nSPS) is 22.7. The number of hydrogen-bond donors (Lipinski definition) is 1. The van der Waals surface area contributed by atoms with Crippen LogP contribution < -0.4 is 5.73 Å². The van der Waals surface area contributed by atoms with Crippen molar-refractivity contribution in [3.05, 3.63) is 35.9 Å². The number of hydrogen-bond acceptors (Lipinski definition) is 3. The number of nitrogens with two attached hydrogens (primary N) is 1. The Bertz CT molecular complexity index is 437. The lowest BCUT2D eigenvalue weighted by molar-refractivity contribution is -0.134. The van der Waals surface area contributed by atoms with Gasteiger partial charge in [0, 0.05) is 32.2 Å². The van der Waals surface area contributed by atoms with Crippen LogP contribution in [0.15, 0.2) is 30.3 Å². The summed E-state index contributed by atoms with van der Waals surface area (Å²) in [5, 5.41) is 0. The molecular formula is C16H25ClN2O2. The highest BCUT2D eigenvalue weighted by atomic mass is 35.5. The first-order valence-electron chi connectivity index (χ1n) is 7.23. The molecule has 0 radical (unpaired) electrons. The van der Waals surface area contributed by atoms with E-state index < -0.39 is 0 Å². The number of halogens is 1. The van der Waals surface area contributed by atoms with Gasteiger partial charge >= 0.3 is 0 Å². The van der Waals surface area contributed by atoms with Gasteiger partial charge in [-0.05, 0) is 18.9 Å². The van der Waals surface area contributed by atoms with Gasteiger partial charge in [0.25, 0.3) is 0 Å². The summed E-state index contributed by atoms with van der Waals surface area (Å²) in [5.74, 6) is 0.585. The van der Waals surface area contributed by atoms with Gasteiger partial charge in [0.1, 0.15) is 0 Å². The van der Waals surface area contributed by atoms with Crippen LogP contribution in [0.4, 0.5) is 0 Å². The van der Waals surface area contributed by atoms with Crippen molar-refractivity contribution in [2.24, 2.45) is 5.73 Å².